The second kappa shape index (κ2) is 5.61. The summed E-state index contributed by atoms with van der Waals surface area (Å²) in [5, 5.41) is 0. The number of hydrogen-bond donors (Lipinski definition) is 2. The largest absolute Gasteiger partial charge is 0.335 e. The summed E-state index contributed by atoms with van der Waals surface area (Å²) in [6.45, 7) is 7.20. The minimum Gasteiger partial charge on any atom is -0.335 e. The molecule has 19 heavy (non-hydrogen) atoms. The molecule has 0 aromatic heterocycles. The maximum Gasteiger partial charge on any atom is 0.254 e. The highest BCUT2D eigenvalue weighted by molar-refractivity contribution is 5.96. The van der Waals surface area contributed by atoms with Crippen LogP contribution >= 0.6 is 0 Å². The van der Waals surface area contributed by atoms with Gasteiger partial charge in [0.1, 0.15) is 0 Å². The molecule has 1 fully saturated rings. The number of benzene rings is 1. The molecule has 0 radical (unpaired) electrons. The van der Waals surface area contributed by atoms with Crippen LogP contribution in [-0.4, -0.2) is 23.4 Å². The Balaban J connectivity index is 2.24. The summed E-state index contributed by atoms with van der Waals surface area (Å²) >= 11 is 0. The van der Waals surface area contributed by atoms with Crippen molar-refractivity contribution in [2.45, 2.75) is 39.7 Å². The van der Waals surface area contributed by atoms with E-state index in [-0.39, 0.29) is 5.91 Å². The lowest BCUT2D eigenvalue weighted by Gasteiger charge is -2.28. The van der Waals surface area contributed by atoms with Crippen molar-refractivity contribution in [2.24, 2.45) is 11.8 Å². The molecule has 104 valence electrons. The molecule has 1 aliphatic rings. The van der Waals surface area contributed by atoms with Crippen molar-refractivity contribution in [1.29, 1.82) is 0 Å². The quantitative estimate of drug-likeness (QED) is 0.649. The van der Waals surface area contributed by atoms with Gasteiger partial charge in [0.2, 0.25) is 0 Å². The van der Waals surface area contributed by atoms with E-state index < -0.39 is 0 Å². The van der Waals surface area contributed by atoms with Gasteiger partial charge in [0.05, 0.1) is 0 Å². The van der Waals surface area contributed by atoms with Crippen LogP contribution in [0.4, 0.5) is 5.69 Å². The van der Waals surface area contributed by atoms with Crippen molar-refractivity contribution in [3.8, 4) is 0 Å². The predicted molar refractivity (Wildman–Crippen MR) is 77.9 cm³/mol. The topological polar surface area (TPSA) is 58.4 Å². The van der Waals surface area contributed by atoms with E-state index in [1.54, 1.807) is 0 Å². The number of nitrogens with zero attached hydrogens (tertiary/aromatic N) is 1. The Bertz CT molecular complexity index is 470. The third kappa shape index (κ3) is 2.73. The number of carbonyl (C=O) groups is 1. The van der Waals surface area contributed by atoms with Crippen molar-refractivity contribution in [3.05, 3.63) is 29.3 Å². The number of amides is 1. The number of nitrogen functional groups attached to an aromatic ring is 1. The maximum absolute atomic E-state index is 12.7. The van der Waals surface area contributed by atoms with Gasteiger partial charge in [-0.3, -0.25) is 10.6 Å². The molecule has 3 N–H and O–H groups in total. The smallest absolute Gasteiger partial charge is 0.254 e. The fourth-order valence-electron chi connectivity index (χ4n) is 2.89. The zero-order valence-corrected chi connectivity index (χ0v) is 11.9. The van der Waals surface area contributed by atoms with E-state index >= 15 is 0 Å². The molecule has 1 aliphatic heterocycles. The molecule has 1 unspecified atom stereocenters. The average molecular weight is 261 g/mol. The summed E-state index contributed by atoms with van der Waals surface area (Å²) in [7, 11) is 0. The zero-order valence-electron chi connectivity index (χ0n) is 11.9. The summed E-state index contributed by atoms with van der Waals surface area (Å²) in [6, 6.07) is 6.00. The van der Waals surface area contributed by atoms with E-state index in [2.05, 4.69) is 19.3 Å². The van der Waals surface area contributed by atoms with E-state index in [1.807, 2.05) is 30.0 Å². The lowest BCUT2D eigenvalue weighted by Crippen LogP contribution is -2.38. The number of hydrazine groups is 1. The molecular weight excluding hydrogens is 238 g/mol. The molecule has 1 aromatic rings. The first-order valence-electron chi connectivity index (χ1n) is 6.93. The number of anilines is 1. The van der Waals surface area contributed by atoms with Gasteiger partial charge in [-0.15, -0.1) is 0 Å². The van der Waals surface area contributed by atoms with Crippen LogP contribution in [0.2, 0.25) is 0 Å². The van der Waals surface area contributed by atoms with E-state index in [0.29, 0.717) is 12.0 Å². The normalized spacial score (nSPS) is 19.0. The van der Waals surface area contributed by atoms with Crippen molar-refractivity contribution in [2.75, 3.05) is 12.0 Å². The van der Waals surface area contributed by atoms with E-state index in [9.17, 15) is 4.79 Å². The van der Waals surface area contributed by atoms with Crippen LogP contribution in [0.1, 0.15) is 42.6 Å². The molecule has 1 heterocycles. The van der Waals surface area contributed by atoms with Crippen LogP contribution in [0.15, 0.2) is 18.2 Å². The minimum absolute atomic E-state index is 0.150. The number of carbonyl (C=O) groups excluding carboxylic acids is 1. The molecule has 4 nitrogen and oxygen atoms in total. The lowest BCUT2D eigenvalue weighted by molar-refractivity contribution is 0.0701. The van der Waals surface area contributed by atoms with Gasteiger partial charge in [-0.25, -0.2) is 0 Å². The number of nitrogens with two attached hydrogens (primary N) is 1. The van der Waals surface area contributed by atoms with Crippen molar-refractivity contribution in [1.82, 2.24) is 4.90 Å². The second-order valence-corrected chi connectivity index (χ2v) is 5.63. The molecule has 0 aliphatic carbocycles. The summed E-state index contributed by atoms with van der Waals surface area (Å²) in [5.74, 6) is 6.04. The molecule has 1 amide bonds. The van der Waals surface area contributed by atoms with Gasteiger partial charge in [-0.2, -0.15) is 0 Å². The van der Waals surface area contributed by atoms with Crippen molar-refractivity contribution < 1.29 is 4.79 Å². The predicted octanol–water partition coefficient (Wildman–Crippen LogP) is 2.54. The zero-order chi connectivity index (χ0) is 14.0. The minimum atomic E-state index is 0.150. The van der Waals surface area contributed by atoms with Gasteiger partial charge in [-0.1, -0.05) is 13.8 Å². The standard InChI is InChI=1S/C15H23N3O/c1-10(2)14-5-4-8-18(14)15(19)13-7-6-12(17-16)9-11(13)3/h6-7,9-10,14,17H,4-5,8,16H2,1-3H3. The second-order valence-electron chi connectivity index (χ2n) is 5.63. The van der Waals surface area contributed by atoms with Crippen LogP contribution in [0, 0.1) is 12.8 Å². The number of rotatable bonds is 3. The van der Waals surface area contributed by atoms with Gasteiger partial charge in [0, 0.05) is 23.8 Å². The van der Waals surface area contributed by atoms with Gasteiger partial charge >= 0.3 is 0 Å². The molecule has 2 rings (SSSR count). The van der Waals surface area contributed by atoms with Crippen LogP contribution in [0.5, 0.6) is 0 Å². The summed E-state index contributed by atoms with van der Waals surface area (Å²) < 4.78 is 0. The monoisotopic (exact) mass is 261 g/mol. The number of aryl methyl sites for hydroxylation is 1. The molecular formula is C15H23N3O. The third-order valence-corrected chi connectivity index (χ3v) is 3.95. The highest BCUT2D eigenvalue weighted by atomic mass is 16.2. The SMILES string of the molecule is Cc1cc(NN)ccc1C(=O)N1CCCC1C(C)C. The molecule has 1 aromatic carbocycles. The van der Waals surface area contributed by atoms with Crippen molar-refractivity contribution >= 4 is 11.6 Å². The average Bonchev–Trinajstić information content (AvgIpc) is 2.87. The van der Waals surface area contributed by atoms with Gasteiger partial charge < -0.3 is 10.3 Å². The van der Waals surface area contributed by atoms with Crippen molar-refractivity contribution in [3.63, 3.8) is 0 Å². The Morgan fingerprint density at radius 2 is 2.21 bits per heavy atom. The van der Waals surface area contributed by atoms with E-state index in [4.69, 9.17) is 5.84 Å². The fourth-order valence-corrected chi connectivity index (χ4v) is 2.89. The third-order valence-electron chi connectivity index (χ3n) is 3.95. The first-order valence-corrected chi connectivity index (χ1v) is 6.93. The fraction of sp³-hybridized carbons (Fsp3) is 0.533. The summed E-state index contributed by atoms with van der Waals surface area (Å²) in [5.41, 5.74) is 5.19. The highest BCUT2D eigenvalue weighted by Gasteiger charge is 2.31. The Hall–Kier alpha value is -1.55. The van der Waals surface area contributed by atoms with Crippen LogP contribution in [0.25, 0.3) is 0 Å². The van der Waals surface area contributed by atoms with Gasteiger partial charge in [0.15, 0.2) is 0 Å². The number of hydrogen-bond acceptors (Lipinski definition) is 3. The molecule has 4 heteroatoms. The Morgan fingerprint density at radius 3 is 2.79 bits per heavy atom. The Labute approximate surface area is 114 Å². The molecule has 1 atom stereocenters. The number of nitrogens with one attached hydrogen (secondary N) is 1. The van der Waals surface area contributed by atoms with E-state index in [1.165, 1.54) is 0 Å². The molecule has 1 saturated heterocycles. The Kier molecular flexibility index (Phi) is 4.10. The van der Waals surface area contributed by atoms with Crippen LogP contribution < -0.4 is 11.3 Å². The Morgan fingerprint density at radius 1 is 1.47 bits per heavy atom. The van der Waals surface area contributed by atoms with Gasteiger partial charge in [-0.05, 0) is 49.4 Å². The summed E-state index contributed by atoms with van der Waals surface area (Å²) in [6.07, 6.45) is 2.22. The molecule has 0 spiro atoms. The lowest BCUT2D eigenvalue weighted by atomic mass is 10.0. The van der Waals surface area contributed by atoms with Gasteiger partial charge in [0.25, 0.3) is 5.91 Å². The summed E-state index contributed by atoms with van der Waals surface area (Å²) in [4.78, 5) is 14.7. The van der Waals surface area contributed by atoms with E-state index in [0.717, 1.165) is 36.2 Å². The number of likely N-dealkylation sites (tertiary alicyclic amines) is 1. The maximum atomic E-state index is 12.7. The first-order chi connectivity index (χ1) is 9.04. The molecule has 0 bridgehead atoms. The first kappa shape index (κ1) is 13.9. The van der Waals surface area contributed by atoms with Crippen LogP contribution in [0.3, 0.4) is 0 Å². The van der Waals surface area contributed by atoms with Crippen LogP contribution in [-0.2, 0) is 0 Å². The molecule has 0 saturated carbocycles. The highest BCUT2D eigenvalue weighted by Crippen LogP contribution is 2.27.